The lowest BCUT2D eigenvalue weighted by atomic mass is 9.61. The summed E-state index contributed by atoms with van der Waals surface area (Å²) in [6.45, 7) is 2.18. The molecule has 2 aliphatic rings. The van der Waals surface area contributed by atoms with Crippen molar-refractivity contribution in [3.05, 3.63) is 54.4 Å². The third kappa shape index (κ3) is 3.85. The molecule has 0 unspecified atom stereocenters. The molecule has 1 aromatic carbocycles. The summed E-state index contributed by atoms with van der Waals surface area (Å²) in [4.78, 5) is 25.5. The monoisotopic (exact) mass is 418 g/mol. The Morgan fingerprint density at radius 2 is 2.13 bits per heavy atom. The molecule has 0 spiro atoms. The number of amides is 1. The van der Waals surface area contributed by atoms with Crippen LogP contribution >= 0.6 is 0 Å². The summed E-state index contributed by atoms with van der Waals surface area (Å²) in [6, 6.07) is 13.7. The van der Waals surface area contributed by atoms with Gasteiger partial charge in [0, 0.05) is 43.9 Å². The summed E-state index contributed by atoms with van der Waals surface area (Å²) in [5.74, 6) is 2.96. The number of rotatable bonds is 5. The van der Waals surface area contributed by atoms with Gasteiger partial charge < -0.3 is 20.1 Å². The van der Waals surface area contributed by atoms with Gasteiger partial charge in [-0.05, 0) is 30.7 Å². The molecule has 160 valence electrons. The molecule has 3 heterocycles. The molecule has 2 aromatic heterocycles. The molecule has 1 aliphatic heterocycles. The van der Waals surface area contributed by atoms with E-state index in [1.54, 1.807) is 11.1 Å². The number of hydrogen-bond acceptors (Lipinski definition) is 7. The Bertz CT molecular complexity index is 1070. The number of benzene rings is 1. The number of fused-ring (bicyclic) bond motifs is 1. The van der Waals surface area contributed by atoms with Crippen LogP contribution in [0.25, 0.3) is 11.3 Å². The highest BCUT2D eigenvalue weighted by molar-refractivity contribution is 5.80. The fourth-order valence-electron chi connectivity index (χ4n) is 4.84. The minimum Gasteiger partial charge on any atom is -0.368 e. The third-order valence-corrected chi connectivity index (χ3v) is 6.58. The van der Waals surface area contributed by atoms with E-state index in [1.165, 1.54) is 0 Å². The predicted octanol–water partition coefficient (Wildman–Crippen LogP) is 2.83. The van der Waals surface area contributed by atoms with E-state index in [2.05, 4.69) is 20.0 Å². The first kappa shape index (κ1) is 19.5. The quantitative estimate of drug-likeness (QED) is 0.680. The van der Waals surface area contributed by atoms with Crippen molar-refractivity contribution in [3.63, 3.8) is 0 Å². The second-order valence-corrected chi connectivity index (χ2v) is 8.51. The Balaban J connectivity index is 1.22. The highest BCUT2D eigenvalue weighted by Crippen LogP contribution is 2.47. The molecule has 2 N–H and O–H groups in total. The number of piperidine rings is 1. The number of anilines is 2. The third-order valence-electron chi connectivity index (χ3n) is 6.58. The van der Waals surface area contributed by atoms with Crippen LogP contribution in [0.15, 0.2) is 53.2 Å². The first-order valence-electron chi connectivity index (χ1n) is 10.7. The average Bonchev–Trinajstić information content (AvgIpc) is 3.23. The lowest BCUT2D eigenvalue weighted by molar-refractivity contribution is -0.144. The zero-order valence-corrected chi connectivity index (χ0v) is 17.5. The number of nitrogens with two attached hydrogens (primary N) is 1. The maximum absolute atomic E-state index is 13.2. The van der Waals surface area contributed by atoms with Gasteiger partial charge in [0.05, 0.1) is 6.54 Å². The molecule has 1 amide bonds. The molecule has 2 fully saturated rings. The molecule has 1 saturated carbocycles. The SMILES string of the molecule is CN(Cc1cc(-c2ccccc2)no1)C(=O)[C@@H]1C[C@H]2CCN(c3ccnc(N)n3)C[C@H]21. The van der Waals surface area contributed by atoms with Crippen molar-refractivity contribution in [1.29, 1.82) is 0 Å². The van der Waals surface area contributed by atoms with E-state index in [9.17, 15) is 4.79 Å². The van der Waals surface area contributed by atoms with E-state index in [-0.39, 0.29) is 17.8 Å². The van der Waals surface area contributed by atoms with E-state index < -0.39 is 0 Å². The van der Waals surface area contributed by atoms with Crippen molar-refractivity contribution in [2.75, 3.05) is 30.8 Å². The van der Waals surface area contributed by atoms with Gasteiger partial charge in [0.1, 0.15) is 11.5 Å². The van der Waals surface area contributed by atoms with Crippen molar-refractivity contribution in [1.82, 2.24) is 20.0 Å². The van der Waals surface area contributed by atoms with Crippen LogP contribution < -0.4 is 10.6 Å². The van der Waals surface area contributed by atoms with Crippen LogP contribution in [0, 0.1) is 17.8 Å². The first-order chi connectivity index (χ1) is 15.1. The zero-order valence-electron chi connectivity index (χ0n) is 17.5. The van der Waals surface area contributed by atoms with Gasteiger partial charge in [-0.2, -0.15) is 4.98 Å². The van der Waals surface area contributed by atoms with Gasteiger partial charge in [-0.3, -0.25) is 4.79 Å². The lowest BCUT2D eigenvalue weighted by Crippen LogP contribution is -2.55. The standard InChI is InChI=1S/C23H26N6O2/c1-28(13-17-12-20(27-31-17)15-5-3-2-4-6-15)22(30)18-11-16-8-10-29(14-19(16)18)21-7-9-25-23(24)26-21/h2-7,9,12,16,18-19H,8,10-11,13-14H2,1H3,(H2,24,25,26)/t16-,18-,19-/m1/s1. The highest BCUT2D eigenvalue weighted by atomic mass is 16.5. The molecule has 3 aromatic rings. The predicted molar refractivity (Wildman–Crippen MR) is 117 cm³/mol. The van der Waals surface area contributed by atoms with Gasteiger partial charge in [-0.15, -0.1) is 0 Å². The van der Waals surface area contributed by atoms with E-state index in [0.29, 0.717) is 24.1 Å². The first-order valence-corrected chi connectivity index (χ1v) is 10.7. The van der Waals surface area contributed by atoms with Gasteiger partial charge in [0.2, 0.25) is 11.9 Å². The van der Waals surface area contributed by atoms with E-state index >= 15 is 0 Å². The molecular formula is C23H26N6O2. The van der Waals surface area contributed by atoms with Gasteiger partial charge in [-0.25, -0.2) is 4.98 Å². The molecule has 8 nitrogen and oxygen atoms in total. The summed E-state index contributed by atoms with van der Waals surface area (Å²) in [5.41, 5.74) is 7.53. The summed E-state index contributed by atoms with van der Waals surface area (Å²) < 4.78 is 5.49. The second-order valence-electron chi connectivity index (χ2n) is 8.51. The topological polar surface area (TPSA) is 101 Å². The van der Waals surface area contributed by atoms with Gasteiger partial charge >= 0.3 is 0 Å². The van der Waals surface area contributed by atoms with Gasteiger partial charge in [0.25, 0.3) is 0 Å². The molecule has 1 aliphatic carbocycles. The van der Waals surface area contributed by atoms with Crippen LogP contribution in [0.4, 0.5) is 11.8 Å². The average molecular weight is 419 g/mol. The minimum absolute atomic E-state index is 0.0356. The molecule has 31 heavy (non-hydrogen) atoms. The maximum atomic E-state index is 13.2. The molecule has 1 saturated heterocycles. The molecule has 3 atom stereocenters. The number of nitrogens with zero attached hydrogens (tertiary/aromatic N) is 5. The summed E-state index contributed by atoms with van der Waals surface area (Å²) in [7, 11) is 1.84. The second kappa shape index (κ2) is 8.02. The van der Waals surface area contributed by atoms with Crippen LogP contribution in [0.3, 0.4) is 0 Å². The Kier molecular flexibility index (Phi) is 5.05. The summed E-state index contributed by atoms with van der Waals surface area (Å²) in [6.07, 6.45) is 3.71. The highest BCUT2D eigenvalue weighted by Gasteiger charge is 2.48. The van der Waals surface area contributed by atoms with Crippen LogP contribution in [0.1, 0.15) is 18.6 Å². The molecule has 0 bridgehead atoms. The largest absolute Gasteiger partial charge is 0.368 e. The van der Waals surface area contributed by atoms with Crippen LogP contribution in [0.5, 0.6) is 0 Å². The normalized spacial score (nSPS) is 22.5. The molecule has 0 radical (unpaired) electrons. The van der Waals surface area contributed by atoms with Crippen LogP contribution in [-0.2, 0) is 11.3 Å². The number of nitrogen functional groups attached to an aromatic ring is 1. The lowest BCUT2D eigenvalue weighted by Gasteiger charge is -2.51. The van der Waals surface area contributed by atoms with E-state index in [1.807, 2.05) is 49.5 Å². The van der Waals surface area contributed by atoms with Crippen molar-refractivity contribution in [3.8, 4) is 11.3 Å². The Morgan fingerprint density at radius 3 is 2.94 bits per heavy atom. The van der Waals surface area contributed by atoms with E-state index in [0.717, 1.165) is 43.0 Å². The maximum Gasteiger partial charge on any atom is 0.226 e. The number of carbonyl (C=O) groups excluding carboxylic acids is 1. The van der Waals surface area contributed by atoms with Crippen LogP contribution in [0.2, 0.25) is 0 Å². The Hall–Kier alpha value is -3.42. The number of hydrogen-bond donors (Lipinski definition) is 1. The molecular weight excluding hydrogens is 392 g/mol. The van der Waals surface area contributed by atoms with Crippen LogP contribution in [-0.4, -0.2) is 46.1 Å². The Morgan fingerprint density at radius 1 is 1.29 bits per heavy atom. The smallest absolute Gasteiger partial charge is 0.226 e. The Labute approximate surface area is 181 Å². The minimum atomic E-state index is 0.0356. The van der Waals surface area contributed by atoms with Gasteiger partial charge in [0.15, 0.2) is 5.76 Å². The van der Waals surface area contributed by atoms with Crippen molar-refractivity contribution >= 4 is 17.7 Å². The van der Waals surface area contributed by atoms with E-state index in [4.69, 9.17) is 10.3 Å². The zero-order chi connectivity index (χ0) is 21.4. The van der Waals surface area contributed by atoms with Crippen molar-refractivity contribution in [2.45, 2.75) is 19.4 Å². The molecule has 5 rings (SSSR count). The summed E-state index contributed by atoms with van der Waals surface area (Å²) in [5, 5.41) is 4.15. The van der Waals surface area contributed by atoms with Crippen molar-refractivity contribution in [2.24, 2.45) is 17.8 Å². The fourth-order valence-corrected chi connectivity index (χ4v) is 4.84. The summed E-state index contributed by atoms with van der Waals surface area (Å²) >= 11 is 0. The van der Waals surface area contributed by atoms with Crippen molar-refractivity contribution < 1.29 is 9.32 Å². The molecule has 8 heteroatoms. The number of aromatic nitrogens is 3. The number of carbonyl (C=O) groups is 1. The van der Waals surface area contributed by atoms with Gasteiger partial charge in [-0.1, -0.05) is 35.5 Å². The fraction of sp³-hybridized carbons (Fsp3) is 0.391.